The normalized spacial score (nSPS) is 11.5. The Bertz CT molecular complexity index is 617. The Labute approximate surface area is 122 Å². The molecule has 0 aliphatic heterocycles. The Hall–Kier alpha value is -2.68. The predicted octanol–water partition coefficient (Wildman–Crippen LogP) is 0.906. The molecule has 112 valence electrons. The maximum absolute atomic E-state index is 11.8. The van der Waals surface area contributed by atoms with Crippen molar-refractivity contribution in [1.82, 2.24) is 5.32 Å². The molecule has 10 heteroatoms. The van der Waals surface area contributed by atoms with E-state index in [1.54, 1.807) is 0 Å². The Morgan fingerprint density at radius 2 is 1.95 bits per heavy atom. The van der Waals surface area contributed by atoms with Crippen molar-refractivity contribution >= 4 is 35.1 Å². The van der Waals surface area contributed by atoms with Crippen LogP contribution in [0.15, 0.2) is 18.2 Å². The number of nitrogens with zero attached hydrogens (tertiary/aromatic N) is 1. The molecule has 1 aromatic carbocycles. The summed E-state index contributed by atoms with van der Waals surface area (Å²) in [5, 5.41) is 29.6. The molecule has 0 unspecified atom stereocenters. The van der Waals surface area contributed by atoms with E-state index in [-0.39, 0.29) is 10.6 Å². The van der Waals surface area contributed by atoms with Crippen molar-refractivity contribution in [2.24, 2.45) is 0 Å². The van der Waals surface area contributed by atoms with Crippen LogP contribution in [0.25, 0.3) is 0 Å². The molecule has 0 fully saturated rings. The van der Waals surface area contributed by atoms with Crippen LogP contribution < -0.4 is 5.32 Å². The van der Waals surface area contributed by atoms with Crippen LogP contribution in [0.2, 0.25) is 5.02 Å². The number of carbonyl (C=O) groups excluding carboxylic acids is 1. The minimum absolute atomic E-state index is 0.123. The Kier molecular flexibility index (Phi) is 5.19. The van der Waals surface area contributed by atoms with Gasteiger partial charge in [-0.1, -0.05) is 11.6 Å². The van der Waals surface area contributed by atoms with Crippen molar-refractivity contribution in [3.8, 4) is 0 Å². The molecule has 0 aliphatic rings. The first-order valence-electron chi connectivity index (χ1n) is 5.41. The molecule has 0 aliphatic carbocycles. The van der Waals surface area contributed by atoms with E-state index in [0.29, 0.717) is 0 Å². The fourth-order valence-corrected chi connectivity index (χ4v) is 1.66. The number of nitrogens with one attached hydrogen (secondary N) is 1. The summed E-state index contributed by atoms with van der Waals surface area (Å²) in [5.74, 6) is -3.82. The lowest BCUT2D eigenvalue weighted by Crippen LogP contribution is -2.42. The number of carboxylic acid groups (broad SMARTS) is 2. The third-order valence-electron chi connectivity index (χ3n) is 2.39. The quantitative estimate of drug-likeness (QED) is 0.521. The summed E-state index contributed by atoms with van der Waals surface area (Å²) in [7, 11) is 0. The Balaban J connectivity index is 2.93. The number of nitro groups is 1. The van der Waals surface area contributed by atoms with Gasteiger partial charge < -0.3 is 15.5 Å². The van der Waals surface area contributed by atoms with E-state index < -0.39 is 40.9 Å². The van der Waals surface area contributed by atoms with Crippen LogP contribution in [0.3, 0.4) is 0 Å². The number of benzene rings is 1. The van der Waals surface area contributed by atoms with Crippen molar-refractivity contribution in [3.05, 3.63) is 38.9 Å². The molecule has 0 saturated heterocycles. The SMILES string of the molecule is O=C(O)C[C@H](NC(=O)c1ccc([N+](=O)[O-])c(Cl)c1)C(=O)O. The van der Waals surface area contributed by atoms with Crippen molar-refractivity contribution < 1.29 is 29.5 Å². The van der Waals surface area contributed by atoms with E-state index in [0.717, 1.165) is 18.2 Å². The van der Waals surface area contributed by atoms with Gasteiger partial charge in [0.15, 0.2) is 0 Å². The van der Waals surface area contributed by atoms with E-state index >= 15 is 0 Å². The molecule has 1 amide bonds. The molecule has 1 aromatic rings. The van der Waals surface area contributed by atoms with E-state index in [1.807, 2.05) is 5.32 Å². The van der Waals surface area contributed by atoms with Gasteiger partial charge >= 0.3 is 11.9 Å². The summed E-state index contributed by atoms with van der Waals surface area (Å²) in [6, 6.07) is 1.45. The van der Waals surface area contributed by atoms with Crippen LogP contribution in [-0.2, 0) is 9.59 Å². The van der Waals surface area contributed by atoms with Crippen molar-refractivity contribution in [1.29, 1.82) is 0 Å². The van der Waals surface area contributed by atoms with Crippen LogP contribution >= 0.6 is 11.6 Å². The minimum Gasteiger partial charge on any atom is -0.481 e. The van der Waals surface area contributed by atoms with Crippen LogP contribution in [0.5, 0.6) is 0 Å². The van der Waals surface area contributed by atoms with Gasteiger partial charge in [0, 0.05) is 11.6 Å². The Morgan fingerprint density at radius 3 is 2.38 bits per heavy atom. The van der Waals surface area contributed by atoms with Crippen molar-refractivity contribution in [2.45, 2.75) is 12.5 Å². The summed E-state index contributed by atoms with van der Waals surface area (Å²) in [5.41, 5.74) is -0.532. The first-order valence-corrected chi connectivity index (χ1v) is 5.79. The molecule has 3 N–H and O–H groups in total. The zero-order valence-corrected chi connectivity index (χ0v) is 11.0. The standard InChI is InChI=1S/C11H9ClN2O7/c12-6-3-5(1-2-8(6)14(20)21)10(17)13-7(11(18)19)4-9(15)16/h1-3,7H,4H2,(H,13,17)(H,15,16)(H,18,19)/t7-/m0/s1. The average molecular weight is 317 g/mol. The van der Waals surface area contributed by atoms with Gasteiger partial charge in [-0.3, -0.25) is 19.7 Å². The van der Waals surface area contributed by atoms with Crippen molar-refractivity contribution in [2.75, 3.05) is 0 Å². The lowest BCUT2D eigenvalue weighted by molar-refractivity contribution is -0.384. The third kappa shape index (κ3) is 4.42. The van der Waals surface area contributed by atoms with Gasteiger partial charge in [0.25, 0.3) is 11.6 Å². The molecule has 0 aromatic heterocycles. The molecular formula is C11H9ClN2O7. The largest absolute Gasteiger partial charge is 0.481 e. The summed E-state index contributed by atoms with van der Waals surface area (Å²) >= 11 is 5.62. The Morgan fingerprint density at radius 1 is 1.33 bits per heavy atom. The second-order valence-electron chi connectivity index (χ2n) is 3.89. The summed E-state index contributed by atoms with van der Waals surface area (Å²) < 4.78 is 0. The highest BCUT2D eigenvalue weighted by Gasteiger charge is 2.24. The molecule has 1 rings (SSSR count). The number of amides is 1. The van der Waals surface area contributed by atoms with Gasteiger partial charge in [-0.25, -0.2) is 4.79 Å². The molecule has 0 heterocycles. The summed E-state index contributed by atoms with van der Waals surface area (Å²) in [6.07, 6.45) is -0.804. The van der Waals surface area contributed by atoms with Crippen molar-refractivity contribution in [3.63, 3.8) is 0 Å². The van der Waals surface area contributed by atoms with E-state index in [1.165, 1.54) is 0 Å². The number of hydrogen-bond donors (Lipinski definition) is 3. The van der Waals surface area contributed by atoms with Gasteiger partial charge in [-0.15, -0.1) is 0 Å². The van der Waals surface area contributed by atoms with Crippen LogP contribution in [0.1, 0.15) is 16.8 Å². The van der Waals surface area contributed by atoms with Gasteiger partial charge in [0.2, 0.25) is 0 Å². The van der Waals surface area contributed by atoms with Gasteiger partial charge in [0.1, 0.15) is 11.1 Å². The fraction of sp³-hybridized carbons (Fsp3) is 0.182. The van der Waals surface area contributed by atoms with E-state index in [4.69, 9.17) is 21.8 Å². The van der Waals surface area contributed by atoms with Crippen LogP contribution in [0.4, 0.5) is 5.69 Å². The number of carbonyl (C=O) groups is 3. The highest BCUT2D eigenvalue weighted by molar-refractivity contribution is 6.33. The second kappa shape index (κ2) is 6.66. The first kappa shape index (κ1) is 16.4. The van der Waals surface area contributed by atoms with Crippen LogP contribution in [0, 0.1) is 10.1 Å². The lowest BCUT2D eigenvalue weighted by atomic mass is 10.1. The second-order valence-corrected chi connectivity index (χ2v) is 4.29. The monoisotopic (exact) mass is 316 g/mol. The molecule has 0 spiro atoms. The number of hydrogen-bond acceptors (Lipinski definition) is 5. The predicted molar refractivity (Wildman–Crippen MR) is 69.2 cm³/mol. The highest BCUT2D eigenvalue weighted by atomic mass is 35.5. The zero-order chi connectivity index (χ0) is 16.2. The number of aliphatic carboxylic acids is 2. The van der Waals surface area contributed by atoms with E-state index in [2.05, 4.69) is 0 Å². The molecule has 0 saturated carbocycles. The smallest absolute Gasteiger partial charge is 0.326 e. The molecule has 1 atom stereocenters. The third-order valence-corrected chi connectivity index (χ3v) is 2.69. The maximum Gasteiger partial charge on any atom is 0.326 e. The first-order chi connectivity index (χ1) is 9.72. The summed E-state index contributed by atoms with van der Waals surface area (Å²) in [4.78, 5) is 42.9. The van der Waals surface area contributed by atoms with Crippen LogP contribution in [-0.4, -0.2) is 39.0 Å². The molecular weight excluding hydrogens is 308 g/mol. The minimum atomic E-state index is -1.62. The molecule has 0 radical (unpaired) electrons. The number of halogens is 1. The zero-order valence-electron chi connectivity index (χ0n) is 10.3. The maximum atomic E-state index is 11.8. The van der Waals surface area contributed by atoms with Gasteiger partial charge in [0.05, 0.1) is 11.3 Å². The molecule has 21 heavy (non-hydrogen) atoms. The number of nitro benzene ring substituents is 1. The highest BCUT2D eigenvalue weighted by Crippen LogP contribution is 2.24. The molecule has 0 bridgehead atoms. The van der Waals surface area contributed by atoms with Gasteiger partial charge in [-0.05, 0) is 12.1 Å². The number of rotatable bonds is 6. The summed E-state index contributed by atoms with van der Waals surface area (Å²) in [6.45, 7) is 0. The van der Waals surface area contributed by atoms with Gasteiger partial charge in [-0.2, -0.15) is 0 Å². The van der Waals surface area contributed by atoms with E-state index in [9.17, 15) is 24.5 Å². The number of carboxylic acids is 2. The lowest BCUT2D eigenvalue weighted by Gasteiger charge is -2.12. The topological polar surface area (TPSA) is 147 Å². The molecule has 9 nitrogen and oxygen atoms in total. The average Bonchev–Trinajstić information content (AvgIpc) is 2.36. The fourth-order valence-electron chi connectivity index (χ4n) is 1.41.